The lowest BCUT2D eigenvalue weighted by Crippen LogP contribution is -2.33. The molecule has 1 atom stereocenters. The first kappa shape index (κ1) is 14.4. The lowest BCUT2D eigenvalue weighted by atomic mass is 9.89. The van der Waals surface area contributed by atoms with E-state index < -0.39 is 9.85 Å². The molecule has 0 saturated heterocycles. The molecule has 1 N–H and O–H groups in total. The summed E-state index contributed by atoms with van der Waals surface area (Å²) in [5.41, 5.74) is 0.205. The van der Waals surface area contributed by atoms with Gasteiger partial charge in [-0.05, 0) is 44.7 Å². The molecule has 0 aromatic heterocycles. The summed E-state index contributed by atoms with van der Waals surface area (Å²) < 4.78 is 0. The third-order valence-electron chi connectivity index (χ3n) is 4.26. The average Bonchev–Trinajstić information content (AvgIpc) is 3.18. The lowest BCUT2D eigenvalue weighted by molar-refractivity contribution is -0.394. The van der Waals surface area contributed by atoms with Gasteiger partial charge in [-0.25, -0.2) is 0 Å². The number of rotatable bonds is 6. The van der Waals surface area contributed by atoms with E-state index in [1.54, 1.807) is 0 Å². The molecule has 0 amide bonds. The van der Waals surface area contributed by atoms with Crippen LogP contribution in [0.1, 0.15) is 25.3 Å². The molecule has 1 fully saturated rings. The zero-order valence-corrected chi connectivity index (χ0v) is 11.5. The molecule has 1 aromatic rings. The van der Waals surface area contributed by atoms with Crippen LogP contribution >= 0.6 is 0 Å². The number of nitrogens with one attached hydrogen (secondary N) is 1. The van der Waals surface area contributed by atoms with E-state index in [1.165, 1.54) is 12.1 Å². The molecular formula is C13H17N3O4. The van der Waals surface area contributed by atoms with Gasteiger partial charge in [0.05, 0.1) is 15.9 Å². The van der Waals surface area contributed by atoms with Gasteiger partial charge in [0.15, 0.2) is 0 Å². The maximum atomic E-state index is 11.1. The van der Waals surface area contributed by atoms with E-state index in [-0.39, 0.29) is 22.8 Å². The summed E-state index contributed by atoms with van der Waals surface area (Å²) in [5, 5.41) is 25.0. The average molecular weight is 279 g/mol. The third-order valence-corrected chi connectivity index (χ3v) is 4.26. The molecule has 0 aliphatic heterocycles. The smallest absolute Gasteiger partial charge is 0.279 e. The standard InChI is InChI=1S/C13H17N3O4/c1-9(14-2)13(5-6-13)8-10-3-4-11(15(17)18)7-12(10)16(19)20/h3-4,7,9,14H,5-6,8H2,1-2H3. The fourth-order valence-electron chi connectivity index (χ4n) is 2.59. The fourth-order valence-corrected chi connectivity index (χ4v) is 2.59. The Balaban J connectivity index is 2.32. The van der Waals surface area contributed by atoms with Crippen molar-refractivity contribution in [3.63, 3.8) is 0 Å². The van der Waals surface area contributed by atoms with E-state index in [0.717, 1.165) is 18.9 Å². The van der Waals surface area contributed by atoms with Crippen molar-refractivity contribution in [2.75, 3.05) is 7.05 Å². The van der Waals surface area contributed by atoms with Gasteiger partial charge in [0.2, 0.25) is 0 Å². The topological polar surface area (TPSA) is 98.3 Å². The molecule has 7 nitrogen and oxygen atoms in total. The van der Waals surface area contributed by atoms with E-state index >= 15 is 0 Å². The van der Waals surface area contributed by atoms with Gasteiger partial charge in [-0.3, -0.25) is 20.2 Å². The monoisotopic (exact) mass is 279 g/mol. The van der Waals surface area contributed by atoms with Crippen molar-refractivity contribution >= 4 is 11.4 Å². The predicted octanol–water partition coefficient (Wildman–Crippen LogP) is 2.43. The summed E-state index contributed by atoms with van der Waals surface area (Å²) in [6.07, 6.45) is 2.61. The Kier molecular flexibility index (Phi) is 3.71. The third kappa shape index (κ3) is 2.62. The van der Waals surface area contributed by atoms with Gasteiger partial charge >= 0.3 is 0 Å². The summed E-state index contributed by atoms with van der Waals surface area (Å²) in [7, 11) is 1.87. The second-order valence-corrected chi connectivity index (χ2v) is 5.38. The Morgan fingerprint density at radius 3 is 2.40 bits per heavy atom. The molecule has 1 aliphatic rings. The molecule has 1 saturated carbocycles. The largest absolute Gasteiger partial charge is 0.317 e. The van der Waals surface area contributed by atoms with Crippen LogP contribution in [0.4, 0.5) is 11.4 Å². The van der Waals surface area contributed by atoms with Crippen LogP contribution in [0.25, 0.3) is 0 Å². The van der Waals surface area contributed by atoms with Gasteiger partial charge in [-0.1, -0.05) is 0 Å². The molecule has 1 aromatic carbocycles. The van der Waals surface area contributed by atoms with Crippen molar-refractivity contribution in [1.82, 2.24) is 5.32 Å². The first-order chi connectivity index (χ1) is 9.39. The Labute approximate surface area is 116 Å². The van der Waals surface area contributed by atoms with E-state index in [4.69, 9.17) is 0 Å². The molecule has 7 heteroatoms. The van der Waals surface area contributed by atoms with Crippen LogP contribution in [-0.4, -0.2) is 22.9 Å². The Hall–Kier alpha value is -2.02. The quantitative estimate of drug-likeness (QED) is 0.637. The van der Waals surface area contributed by atoms with Crippen LogP contribution in [-0.2, 0) is 6.42 Å². The summed E-state index contributed by atoms with van der Waals surface area (Å²) >= 11 is 0. The molecular weight excluding hydrogens is 262 g/mol. The molecule has 1 unspecified atom stereocenters. The SMILES string of the molecule is CNC(C)C1(Cc2ccc([N+](=O)[O-])cc2[N+](=O)[O-])CC1. The van der Waals surface area contributed by atoms with Crippen LogP contribution in [0.5, 0.6) is 0 Å². The van der Waals surface area contributed by atoms with Gasteiger partial charge in [0, 0.05) is 17.7 Å². The number of nitrogens with zero attached hydrogens (tertiary/aromatic N) is 2. The van der Waals surface area contributed by atoms with E-state index in [0.29, 0.717) is 12.0 Å². The van der Waals surface area contributed by atoms with Crippen LogP contribution in [0.3, 0.4) is 0 Å². The highest BCUT2D eigenvalue weighted by molar-refractivity contribution is 5.49. The summed E-state index contributed by atoms with van der Waals surface area (Å²) in [6, 6.07) is 4.16. The molecule has 2 rings (SSSR count). The molecule has 0 bridgehead atoms. The van der Waals surface area contributed by atoms with Crippen LogP contribution < -0.4 is 5.32 Å². The Morgan fingerprint density at radius 1 is 1.30 bits per heavy atom. The van der Waals surface area contributed by atoms with E-state index in [2.05, 4.69) is 12.2 Å². The van der Waals surface area contributed by atoms with Crippen molar-refractivity contribution < 1.29 is 9.85 Å². The number of hydrogen-bond acceptors (Lipinski definition) is 5. The lowest BCUT2D eigenvalue weighted by Gasteiger charge is -2.22. The van der Waals surface area contributed by atoms with Gasteiger partial charge in [0.1, 0.15) is 0 Å². The number of nitro benzene ring substituents is 2. The van der Waals surface area contributed by atoms with E-state index in [9.17, 15) is 20.2 Å². The molecule has 20 heavy (non-hydrogen) atoms. The van der Waals surface area contributed by atoms with Crippen molar-refractivity contribution in [3.8, 4) is 0 Å². The van der Waals surface area contributed by atoms with Crippen LogP contribution in [0, 0.1) is 25.6 Å². The highest BCUT2D eigenvalue weighted by Crippen LogP contribution is 2.52. The molecule has 0 spiro atoms. The van der Waals surface area contributed by atoms with Crippen molar-refractivity contribution in [3.05, 3.63) is 44.0 Å². The minimum atomic E-state index is -0.611. The van der Waals surface area contributed by atoms with Gasteiger partial charge < -0.3 is 5.32 Å². The highest BCUT2D eigenvalue weighted by Gasteiger charge is 2.47. The first-order valence-corrected chi connectivity index (χ1v) is 6.48. The first-order valence-electron chi connectivity index (χ1n) is 6.48. The van der Waals surface area contributed by atoms with Crippen molar-refractivity contribution in [1.29, 1.82) is 0 Å². The van der Waals surface area contributed by atoms with Gasteiger partial charge in [-0.15, -0.1) is 0 Å². The Bertz CT molecular complexity index is 555. The molecule has 1 aliphatic carbocycles. The maximum Gasteiger partial charge on any atom is 0.279 e. The minimum absolute atomic E-state index is 0.0373. The molecule has 0 heterocycles. The van der Waals surface area contributed by atoms with E-state index in [1.807, 2.05) is 7.05 Å². The minimum Gasteiger partial charge on any atom is -0.317 e. The highest BCUT2D eigenvalue weighted by atomic mass is 16.6. The van der Waals surface area contributed by atoms with Crippen LogP contribution in [0.15, 0.2) is 18.2 Å². The zero-order valence-electron chi connectivity index (χ0n) is 11.5. The Morgan fingerprint density at radius 2 is 1.95 bits per heavy atom. The molecule has 0 radical (unpaired) electrons. The number of nitro groups is 2. The number of non-ortho nitro benzene ring substituents is 1. The normalized spacial score (nSPS) is 17.5. The zero-order chi connectivity index (χ0) is 14.9. The number of hydrogen-bond donors (Lipinski definition) is 1. The van der Waals surface area contributed by atoms with Gasteiger partial charge in [0.25, 0.3) is 11.4 Å². The summed E-state index contributed by atoms with van der Waals surface area (Å²) in [5.74, 6) is 0. The molecule has 108 valence electrons. The summed E-state index contributed by atoms with van der Waals surface area (Å²) in [4.78, 5) is 20.7. The summed E-state index contributed by atoms with van der Waals surface area (Å²) in [6.45, 7) is 2.06. The van der Waals surface area contributed by atoms with Crippen molar-refractivity contribution in [2.24, 2.45) is 5.41 Å². The van der Waals surface area contributed by atoms with Crippen molar-refractivity contribution in [2.45, 2.75) is 32.2 Å². The fraction of sp³-hybridized carbons (Fsp3) is 0.538. The van der Waals surface area contributed by atoms with Crippen LogP contribution in [0.2, 0.25) is 0 Å². The maximum absolute atomic E-state index is 11.1. The van der Waals surface area contributed by atoms with Gasteiger partial charge in [-0.2, -0.15) is 0 Å². The second kappa shape index (κ2) is 5.16. The second-order valence-electron chi connectivity index (χ2n) is 5.38. The predicted molar refractivity (Wildman–Crippen MR) is 73.6 cm³/mol. The number of benzene rings is 1.